The summed E-state index contributed by atoms with van der Waals surface area (Å²) in [5.41, 5.74) is 1.00. The first-order valence-electron chi connectivity index (χ1n) is 10.1. The molecule has 30 heavy (non-hydrogen) atoms. The second-order valence-electron chi connectivity index (χ2n) is 7.42. The highest BCUT2D eigenvalue weighted by molar-refractivity contribution is 7.89. The van der Waals surface area contributed by atoms with Crippen LogP contribution < -0.4 is 10.1 Å². The Morgan fingerprint density at radius 3 is 2.50 bits per heavy atom. The molecule has 1 aliphatic carbocycles. The molecule has 0 unspecified atom stereocenters. The first-order chi connectivity index (χ1) is 14.4. The van der Waals surface area contributed by atoms with Gasteiger partial charge in [0.15, 0.2) is 0 Å². The predicted molar refractivity (Wildman–Crippen MR) is 117 cm³/mol. The van der Waals surface area contributed by atoms with E-state index in [0.717, 1.165) is 31.2 Å². The Bertz CT molecular complexity index is 960. The van der Waals surface area contributed by atoms with E-state index in [1.165, 1.54) is 29.6 Å². The van der Waals surface area contributed by atoms with Crippen LogP contribution in [0.1, 0.15) is 31.2 Å². The Morgan fingerprint density at radius 1 is 1.17 bits per heavy atom. The molecule has 1 aliphatic rings. The smallest absolute Gasteiger partial charge is 0.243 e. The van der Waals surface area contributed by atoms with Crippen LogP contribution in [0.5, 0.6) is 5.75 Å². The van der Waals surface area contributed by atoms with Crippen LogP contribution in [0.2, 0.25) is 5.02 Å². The fourth-order valence-corrected chi connectivity index (χ4v) is 5.39. The van der Waals surface area contributed by atoms with Gasteiger partial charge in [0.05, 0.1) is 23.6 Å². The molecule has 3 rings (SSSR count). The maximum absolute atomic E-state index is 13.3. The van der Waals surface area contributed by atoms with Crippen molar-refractivity contribution in [1.29, 1.82) is 0 Å². The van der Waals surface area contributed by atoms with Gasteiger partial charge in [-0.05, 0) is 43.0 Å². The lowest BCUT2D eigenvalue weighted by Gasteiger charge is -2.23. The third-order valence-electron chi connectivity index (χ3n) is 5.29. The quantitative estimate of drug-likeness (QED) is 0.632. The van der Waals surface area contributed by atoms with Crippen LogP contribution in [-0.2, 0) is 21.2 Å². The van der Waals surface area contributed by atoms with E-state index in [1.54, 1.807) is 0 Å². The minimum atomic E-state index is -3.91. The Hall–Kier alpha value is -2.09. The molecule has 0 radical (unpaired) electrons. The predicted octanol–water partition coefficient (Wildman–Crippen LogP) is 3.64. The summed E-state index contributed by atoms with van der Waals surface area (Å²) in [4.78, 5) is 12.6. The number of rotatable bonds is 9. The van der Waals surface area contributed by atoms with Crippen molar-refractivity contribution in [3.63, 3.8) is 0 Å². The van der Waals surface area contributed by atoms with E-state index >= 15 is 0 Å². The summed E-state index contributed by atoms with van der Waals surface area (Å²) in [5.74, 6) is 0.114. The average Bonchev–Trinajstić information content (AvgIpc) is 3.24. The molecule has 0 aromatic heterocycles. The van der Waals surface area contributed by atoms with Gasteiger partial charge in [-0.2, -0.15) is 4.31 Å². The van der Waals surface area contributed by atoms with Crippen molar-refractivity contribution in [3.8, 4) is 5.75 Å². The number of nitrogens with zero attached hydrogens (tertiary/aromatic N) is 1. The number of hydrogen-bond donors (Lipinski definition) is 1. The largest absolute Gasteiger partial charge is 0.495 e. The van der Waals surface area contributed by atoms with Crippen LogP contribution in [-0.4, -0.2) is 44.9 Å². The zero-order valence-electron chi connectivity index (χ0n) is 17.0. The minimum absolute atomic E-state index is 0.0371. The van der Waals surface area contributed by atoms with Crippen molar-refractivity contribution in [2.24, 2.45) is 0 Å². The van der Waals surface area contributed by atoms with Crippen LogP contribution in [0.4, 0.5) is 0 Å². The highest BCUT2D eigenvalue weighted by Crippen LogP contribution is 2.28. The lowest BCUT2D eigenvalue weighted by Crippen LogP contribution is -2.44. The number of methoxy groups -OCH3 is 1. The van der Waals surface area contributed by atoms with E-state index in [-0.39, 0.29) is 35.0 Å². The number of amides is 1. The molecule has 2 aromatic rings. The summed E-state index contributed by atoms with van der Waals surface area (Å²) in [6, 6.07) is 14.1. The van der Waals surface area contributed by atoms with Gasteiger partial charge in [-0.25, -0.2) is 8.42 Å². The van der Waals surface area contributed by atoms with Crippen LogP contribution in [0.25, 0.3) is 0 Å². The third-order valence-corrected chi connectivity index (χ3v) is 7.43. The van der Waals surface area contributed by atoms with Crippen LogP contribution >= 0.6 is 11.6 Å². The van der Waals surface area contributed by atoms with Crippen LogP contribution in [0.15, 0.2) is 53.4 Å². The Kier molecular flexibility index (Phi) is 7.75. The molecule has 0 aliphatic heterocycles. The SMILES string of the molecule is COc1ccc(S(=O)(=O)N(CCc2ccccc2)CC(=O)NC2CCCC2)cc1Cl. The monoisotopic (exact) mass is 450 g/mol. The number of carbonyl (C=O) groups excluding carboxylic acids is 1. The zero-order chi connectivity index (χ0) is 21.6. The van der Waals surface area contributed by atoms with Crippen LogP contribution in [0, 0.1) is 0 Å². The number of benzene rings is 2. The summed E-state index contributed by atoms with van der Waals surface area (Å²) in [5, 5.41) is 3.18. The van der Waals surface area contributed by atoms with Crippen molar-refractivity contribution in [2.75, 3.05) is 20.2 Å². The van der Waals surface area contributed by atoms with Crippen molar-refractivity contribution in [2.45, 2.75) is 43.0 Å². The maximum atomic E-state index is 13.3. The molecule has 162 valence electrons. The number of carbonyl (C=O) groups is 1. The Morgan fingerprint density at radius 2 is 1.87 bits per heavy atom. The fraction of sp³-hybridized carbons (Fsp3) is 0.409. The van der Waals surface area contributed by atoms with Gasteiger partial charge in [0.25, 0.3) is 0 Å². The number of sulfonamides is 1. The van der Waals surface area contributed by atoms with Crippen molar-refractivity contribution in [3.05, 3.63) is 59.1 Å². The molecular weight excluding hydrogens is 424 g/mol. The zero-order valence-corrected chi connectivity index (χ0v) is 18.6. The van der Waals surface area contributed by atoms with E-state index in [9.17, 15) is 13.2 Å². The van der Waals surface area contributed by atoms with Gasteiger partial charge in [0.2, 0.25) is 15.9 Å². The van der Waals surface area contributed by atoms with Crippen molar-refractivity contribution >= 4 is 27.5 Å². The van der Waals surface area contributed by atoms with E-state index in [2.05, 4.69) is 5.32 Å². The highest BCUT2D eigenvalue weighted by Gasteiger charge is 2.28. The van der Waals surface area contributed by atoms with Crippen LogP contribution in [0.3, 0.4) is 0 Å². The maximum Gasteiger partial charge on any atom is 0.243 e. The lowest BCUT2D eigenvalue weighted by atomic mass is 10.1. The molecule has 0 heterocycles. The fourth-order valence-electron chi connectivity index (χ4n) is 3.64. The van der Waals surface area contributed by atoms with E-state index in [1.807, 2.05) is 30.3 Å². The van der Waals surface area contributed by atoms with Crippen molar-refractivity contribution in [1.82, 2.24) is 9.62 Å². The number of hydrogen-bond acceptors (Lipinski definition) is 4. The van der Waals surface area contributed by atoms with Gasteiger partial charge in [-0.15, -0.1) is 0 Å². The van der Waals surface area contributed by atoms with Gasteiger partial charge in [0, 0.05) is 12.6 Å². The molecular formula is C22H27ClN2O4S. The number of nitrogens with one attached hydrogen (secondary N) is 1. The van der Waals surface area contributed by atoms with Gasteiger partial charge < -0.3 is 10.1 Å². The normalized spacial score (nSPS) is 14.8. The second-order valence-corrected chi connectivity index (χ2v) is 9.76. The summed E-state index contributed by atoms with van der Waals surface area (Å²) >= 11 is 6.15. The molecule has 0 atom stereocenters. The summed E-state index contributed by atoms with van der Waals surface area (Å²) < 4.78 is 33.0. The Labute approximate surface area is 183 Å². The Balaban J connectivity index is 1.80. The topological polar surface area (TPSA) is 75.7 Å². The lowest BCUT2D eigenvalue weighted by molar-refractivity contribution is -0.122. The standard InChI is InChI=1S/C22H27ClN2O4S/c1-29-21-12-11-19(15-20(21)23)30(27,28)25(14-13-17-7-3-2-4-8-17)16-22(26)24-18-9-5-6-10-18/h2-4,7-8,11-12,15,18H,5-6,9-10,13-14,16H2,1H3,(H,24,26). The molecule has 1 fully saturated rings. The number of halogens is 1. The molecule has 0 saturated heterocycles. The second kappa shape index (κ2) is 10.3. The molecule has 8 heteroatoms. The van der Waals surface area contributed by atoms with Crippen molar-refractivity contribution < 1.29 is 17.9 Å². The van der Waals surface area contributed by atoms with Gasteiger partial charge >= 0.3 is 0 Å². The van der Waals surface area contributed by atoms with Gasteiger partial charge in [-0.1, -0.05) is 54.8 Å². The summed E-state index contributed by atoms with van der Waals surface area (Å²) in [6.07, 6.45) is 4.56. The van der Waals surface area contributed by atoms with E-state index in [0.29, 0.717) is 12.2 Å². The summed E-state index contributed by atoms with van der Waals surface area (Å²) in [7, 11) is -2.45. The molecule has 1 amide bonds. The minimum Gasteiger partial charge on any atom is -0.495 e. The van der Waals surface area contributed by atoms with Gasteiger partial charge in [0.1, 0.15) is 5.75 Å². The molecule has 2 aromatic carbocycles. The van der Waals surface area contributed by atoms with E-state index in [4.69, 9.17) is 16.3 Å². The van der Waals surface area contributed by atoms with Gasteiger partial charge in [-0.3, -0.25) is 4.79 Å². The average molecular weight is 451 g/mol. The molecule has 1 saturated carbocycles. The molecule has 1 N–H and O–H groups in total. The highest BCUT2D eigenvalue weighted by atomic mass is 35.5. The third kappa shape index (κ3) is 5.74. The van der Waals surface area contributed by atoms with E-state index < -0.39 is 10.0 Å². The molecule has 0 bridgehead atoms. The molecule has 0 spiro atoms. The number of ether oxygens (including phenoxy) is 1. The first-order valence-corrected chi connectivity index (χ1v) is 11.9. The first kappa shape index (κ1) is 22.6. The summed E-state index contributed by atoms with van der Waals surface area (Å²) in [6.45, 7) is -0.0383. The molecule has 6 nitrogen and oxygen atoms in total.